The first-order valence-corrected chi connectivity index (χ1v) is 4.67. The molecule has 0 saturated carbocycles. The Labute approximate surface area is 77.6 Å². The van der Waals surface area contributed by atoms with Gasteiger partial charge in [-0.2, -0.15) is 0 Å². The fourth-order valence-electron chi connectivity index (χ4n) is 1.60. The molecular formula is C9H17F2NO. The molecule has 1 fully saturated rings. The molecule has 13 heavy (non-hydrogen) atoms. The van der Waals surface area contributed by atoms with Crippen molar-refractivity contribution < 1.29 is 13.5 Å². The van der Waals surface area contributed by atoms with E-state index in [-0.39, 0.29) is 31.2 Å². The van der Waals surface area contributed by atoms with Crippen molar-refractivity contribution in [2.45, 2.75) is 51.4 Å². The van der Waals surface area contributed by atoms with Gasteiger partial charge < -0.3 is 10.1 Å². The molecule has 0 aromatic rings. The molecule has 1 rings (SSSR count). The summed E-state index contributed by atoms with van der Waals surface area (Å²) in [6.45, 7) is 5.43. The predicted molar refractivity (Wildman–Crippen MR) is 47.0 cm³/mol. The molecule has 2 atom stereocenters. The summed E-state index contributed by atoms with van der Waals surface area (Å²) in [5, 5.41) is 2.78. The smallest absolute Gasteiger partial charge is 0.261 e. The lowest BCUT2D eigenvalue weighted by Crippen LogP contribution is -2.36. The van der Waals surface area contributed by atoms with Crippen molar-refractivity contribution >= 4 is 0 Å². The zero-order valence-electron chi connectivity index (χ0n) is 8.31. The number of ether oxygens (including phenoxy) is 1. The Bertz CT molecular complexity index is 173. The van der Waals surface area contributed by atoms with Crippen LogP contribution in [0.3, 0.4) is 0 Å². The van der Waals surface area contributed by atoms with Gasteiger partial charge in [0.1, 0.15) is 0 Å². The van der Waals surface area contributed by atoms with E-state index in [0.29, 0.717) is 0 Å². The van der Waals surface area contributed by atoms with Gasteiger partial charge in [-0.25, -0.2) is 8.78 Å². The van der Waals surface area contributed by atoms with E-state index in [1.807, 2.05) is 20.8 Å². The lowest BCUT2D eigenvalue weighted by atomic mass is 10.1. The third-order valence-electron chi connectivity index (χ3n) is 2.19. The van der Waals surface area contributed by atoms with Gasteiger partial charge in [-0.15, -0.1) is 0 Å². The molecule has 1 aliphatic heterocycles. The van der Waals surface area contributed by atoms with Crippen LogP contribution in [-0.2, 0) is 4.74 Å². The fourth-order valence-corrected chi connectivity index (χ4v) is 1.60. The maximum Gasteiger partial charge on any atom is 0.261 e. The highest BCUT2D eigenvalue weighted by Crippen LogP contribution is 2.27. The molecule has 0 bridgehead atoms. The van der Waals surface area contributed by atoms with E-state index >= 15 is 0 Å². The van der Waals surface area contributed by atoms with E-state index in [2.05, 4.69) is 5.32 Å². The molecule has 0 amide bonds. The quantitative estimate of drug-likeness (QED) is 0.738. The molecule has 1 heterocycles. The summed E-state index contributed by atoms with van der Waals surface area (Å²) in [5.41, 5.74) is 0. The third kappa shape index (κ3) is 3.19. The van der Waals surface area contributed by atoms with Crippen molar-refractivity contribution in [2.75, 3.05) is 6.54 Å². The normalized spacial score (nSPS) is 29.5. The number of hydrogen-bond acceptors (Lipinski definition) is 2. The Morgan fingerprint density at radius 3 is 2.38 bits per heavy atom. The molecular weight excluding hydrogens is 176 g/mol. The second kappa shape index (κ2) is 3.88. The molecule has 0 spiro atoms. The SMILES string of the molecule is CC(C)O[C@@H](C)C1CC(F)(F)CN1. The van der Waals surface area contributed by atoms with Crippen LogP contribution in [0.25, 0.3) is 0 Å². The Morgan fingerprint density at radius 2 is 2.00 bits per heavy atom. The van der Waals surface area contributed by atoms with Crippen LogP contribution in [0.15, 0.2) is 0 Å². The average Bonchev–Trinajstić information content (AvgIpc) is 2.28. The minimum atomic E-state index is -2.56. The molecule has 1 saturated heterocycles. The summed E-state index contributed by atoms with van der Waals surface area (Å²) < 4.78 is 31.0. The first-order chi connectivity index (χ1) is 5.91. The number of halogens is 2. The van der Waals surface area contributed by atoms with Crippen molar-refractivity contribution in [1.29, 1.82) is 0 Å². The van der Waals surface area contributed by atoms with Gasteiger partial charge in [0.2, 0.25) is 0 Å². The number of rotatable bonds is 3. The van der Waals surface area contributed by atoms with Gasteiger partial charge in [-0.05, 0) is 20.8 Å². The number of hydrogen-bond donors (Lipinski definition) is 1. The minimum Gasteiger partial charge on any atom is -0.374 e. The lowest BCUT2D eigenvalue weighted by Gasteiger charge is -2.22. The first-order valence-electron chi connectivity index (χ1n) is 4.67. The van der Waals surface area contributed by atoms with Crippen LogP contribution in [0.2, 0.25) is 0 Å². The minimum absolute atomic E-state index is 0.0889. The van der Waals surface area contributed by atoms with Crippen LogP contribution >= 0.6 is 0 Å². The third-order valence-corrected chi connectivity index (χ3v) is 2.19. The van der Waals surface area contributed by atoms with Gasteiger partial charge in [0.05, 0.1) is 18.8 Å². The van der Waals surface area contributed by atoms with Gasteiger partial charge in [-0.1, -0.05) is 0 Å². The highest BCUT2D eigenvalue weighted by molar-refractivity contribution is 4.90. The molecule has 1 N–H and O–H groups in total. The molecule has 78 valence electrons. The summed E-state index contributed by atoms with van der Waals surface area (Å²) >= 11 is 0. The molecule has 4 heteroatoms. The van der Waals surface area contributed by atoms with Crippen LogP contribution in [-0.4, -0.2) is 30.7 Å². The molecule has 0 aromatic carbocycles. The Balaban J connectivity index is 2.37. The topological polar surface area (TPSA) is 21.3 Å². The van der Waals surface area contributed by atoms with Gasteiger partial charge in [0.25, 0.3) is 5.92 Å². The van der Waals surface area contributed by atoms with Crippen molar-refractivity contribution in [3.63, 3.8) is 0 Å². The van der Waals surface area contributed by atoms with Gasteiger partial charge in [-0.3, -0.25) is 0 Å². The molecule has 0 radical (unpaired) electrons. The predicted octanol–water partition coefficient (Wildman–Crippen LogP) is 1.80. The summed E-state index contributed by atoms with van der Waals surface area (Å²) in [7, 11) is 0. The lowest BCUT2D eigenvalue weighted by molar-refractivity contribution is -0.0161. The maximum absolute atomic E-state index is 12.8. The second-order valence-corrected chi connectivity index (χ2v) is 3.94. The van der Waals surface area contributed by atoms with E-state index < -0.39 is 5.92 Å². The van der Waals surface area contributed by atoms with Crippen LogP contribution in [0.4, 0.5) is 8.78 Å². The van der Waals surface area contributed by atoms with Gasteiger partial charge in [0, 0.05) is 12.5 Å². The maximum atomic E-state index is 12.8. The van der Waals surface area contributed by atoms with Gasteiger partial charge in [0.15, 0.2) is 0 Å². The van der Waals surface area contributed by atoms with Crippen LogP contribution in [0.1, 0.15) is 27.2 Å². The Hall–Kier alpha value is -0.220. The first kappa shape index (κ1) is 10.9. The average molecular weight is 193 g/mol. The van der Waals surface area contributed by atoms with Crippen molar-refractivity contribution in [1.82, 2.24) is 5.32 Å². The largest absolute Gasteiger partial charge is 0.374 e. The zero-order valence-corrected chi connectivity index (χ0v) is 8.31. The fraction of sp³-hybridized carbons (Fsp3) is 1.00. The van der Waals surface area contributed by atoms with Gasteiger partial charge >= 0.3 is 0 Å². The summed E-state index contributed by atoms with van der Waals surface area (Å²) in [6, 6.07) is -0.211. The second-order valence-electron chi connectivity index (χ2n) is 3.94. The van der Waals surface area contributed by atoms with Crippen LogP contribution in [0.5, 0.6) is 0 Å². The van der Waals surface area contributed by atoms with Crippen molar-refractivity contribution in [2.24, 2.45) is 0 Å². The molecule has 0 aromatic heterocycles. The van der Waals surface area contributed by atoms with E-state index in [1.165, 1.54) is 0 Å². The monoisotopic (exact) mass is 193 g/mol. The summed E-state index contributed by atoms with van der Waals surface area (Å²) in [4.78, 5) is 0. The standard InChI is InChI=1S/C9H17F2NO/c1-6(2)13-7(3)8-4-9(10,11)5-12-8/h6-8,12H,4-5H2,1-3H3/t7-,8?/m0/s1. The highest BCUT2D eigenvalue weighted by atomic mass is 19.3. The number of alkyl halides is 2. The highest BCUT2D eigenvalue weighted by Gasteiger charge is 2.41. The van der Waals surface area contributed by atoms with E-state index in [4.69, 9.17) is 4.74 Å². The van der Waals surface area contributed by atoms with Crippen molar-refractivity contribution in [3.05, 3.63) is 0 Å². The van der Waals surface area contributed by atoms with E-state index in [1.54, 1.807) is 0 Å². The van der Waals surface area contributed by atoms with E-state index in [9.17, 15) is 8.78 Å². The Morgan fingerprint density at radius 1 is 1.38 bits per heavy atom. The molecule has 0 aliphatic carbocycles. The van der Waals surface area contributed by atoms with Crippen LogP contribution < -0.4 is 5.32 Å². The molecule has 1 unspecified atom stereocenters. The zero-order chi connectivity index (χ0) is 10.1. The van der Waals surface area contributed by atoms with E-state index in [0.717, 1.165) is 0 Å². The molecule has 2 nitrogen and oxygen atoms in total. The molecule has 1 aliphatic rings. The number of nitrogens with one attached hydrogen (secondary N) is 1. The van der Waals surface area contributed by atoms with Crippen molar-refractivity contribution in [3.8, 4) is 0 Å². The summed E-state index contributed by atoms with van der Waals surface area (Å²) in [5.74, 6) is -2.56. The Kier molecular flexibility index (Phi) is 3.24. The summed E-state index contributed by atoms with van der Waals surface area (Å²) in [6.07, 6.45) is -0.166. The van der Waals surface area contributed by atoms with Crippen LogP contribution in [0, 0.1) is 0 Å².